The summed E-state index contributed by atoms with van der Waals surface area (Å²) >= 11 is 1.37. The standard InChI is InChI=1S/C24H29F3N4S.C3H6/c1-13(14(2)29-3)17-7-8-18(22(26)24(17)28)21-19(25)9-10-20(23(21)27)31-32-12-15-5-6-16(11-15)30-4;1-3-2/h7-10,15-16,29-31H,1-2,5-6,11-12,28H2,3-4H3;3H,1H2,2H3. The Kier molecular flexibility index (Phi) is 10.8. The summed E-state index contributed by atoms with van der Waals surface area (Å²) in [4.78, 5) is 0. The number of allylic oxidation sites excluding steroid dienone is 2. The second-order valence-corrected chi connectivity index (χ2v) is 9.19. The van der Waals surface area contributed by atoms with Crippen LogP contribution in [-0.4, -0.2) is 25.9 Å². The number of benzene rings is 2. The number of hydrogen-bond acceptors (Lipinski definition) is 5. The van der Waals surface area contributed by atoms with E-state index in [4.69, 9.17) is 5.73 Å². The minimum Gasteiger partial charge on any atom is -0.396 e. The molecule has 0 spiro atoms. The Labute approximate surface area is 211 Å². The van der Waals surface area contributed by atoms with Gasteiger partial charge in [-0.05, 0) is 56.9 Å². The lowest BCUT2D eigenvalue weighted by atomic mass is 9.96. The zero-order chi connectivity index (χ0) is 26.1. The highest BCUT2D eigenvalue weighted by Gasteiger charge is 2.24. The first-order valence-corrected chi connectivity index (χ1v) is 12.4. The molecule has 1 fully saturated rings. The Morgan fingerprint density at radius 3 is 2.40 bits per heavy atom. The van der Waals surface area contributed by atoms with E-state index in [1.807, 2.05) is 14.0 Å². The lowest BCUT2D eigenvalue weighted by molar-refractivity contribution is 0.548. The quantitative estimate of drug-likeness (QED) is 0.132. The molecular formula is C27H35F3N4S. The van der Waals surface area contributed by atoms with Crippen molar-refractivity contribution < 1.29 is 13.2 Å². The second-order valence-electron chi connectivity index (χ2n) is 8.37. The minimum atomic E-state index is -0.904. The van der Waals surface area contributed by atoms with Crippen molar-refractivity contribution in [2.24, 2.45) is 5.92 Å². The summed E-state index contributed by atoms with van der Waals surface area (Å²) in [5.74, 6) is -1.30. The van der Waals surface area contributed by atoms with Gasteiger partial charge < -0.3 is 21.1 Å². The lowest BCUT2D eigenvalue weighted by Gasteiger charge is -2.16. The molecule has 0 aliphatic heterocycles. The molecule has 190 valence electrons. The molecule has 1 aliphatic rings. The normalized spacial score (nSPS) is 16.7. The number of halogens is 3. The summed E-state index contributed by atoms with van der Waals surface area (Å²) in [5, 5.41) is 6.10. The van der Waals surface area contributed by atoms with Gasteiger partial charge in [-0.15, -0.1) is 6.58 Å². The van der Waals surface area contributed by atoms with Gasteiger partial charge in [-0.3, -0.25) is 0 Å². The van der Waals surface area contributed by atoms with Crippen LogP contribution in [0.2, 0.25) is 0 Å². The van der Waals surface area contributed by atoms with Gasteiger partial charge in [-0.25, -0.2) is 13.2 Å². The molecule has 2 unspecified atom stereocenters. The second kappa shape index (κ2) is 13.3. The average molecular weight is 505 g/mol. The first-order valence-electron chi connectivity index (χ1n) is 11.4. The van der Waals surface area contributed by atoms with E-state index < -0.39 is 23.0 Å². The molecule has 4 nitrogen and oxygen atoms in total. The third kappa shape index (κ3) is 6.86. The Balaban J connectivity index is 0.00000137. The van der Waals surface area contributed by atoms with Crippen molar-refractivity contribution in [3.63, 3.8) is 0 Å². The fourth-order valence-corrected chi connectivity index (χ4v) is 4.90. The Hall–Kier alpha value is -2.84. The van der Waals surface area contributed by atoms with Gasteiger partial charge in [0, 0.05) is 35.7 Å². The van der Waals surface area contributed by atoms with Crippen LogP contribution in [0.15, 0.2) is 55.8 Å². The van der Waals surface area contributed by atoms with Gasteiger partial charge >= 0.3 is 0 Å². The van der Waals surface area contributed by atoms with Crippen molar-refractivity contribution in [2.75, 3.05) is 30.3 Å². The third-order valence-electron chi connectivity index (χ3n) is 5.98. The number of rotatable bonds is 9. The van der Waals surface area contributed by atoms with Gasteiger partial charge in [-0.1, -0.05) is 43.3 Å². The van der Waals surface area contributed by atoms with Crippen LogP contribution in [0, 0.1) is 23.4 Å². The fourth-order valence-electron chi connectivity index (χ4n) is 3.97. The van der Waals surface area contributed by atoms with Crippen LogP contribution in [0.1, 0.15) is 31.7 Å². The van der Waals surface area contributed by atoms with Gasteiger partial charge in [0.15, 0.2) is 11.6 Å². The fraction of sp³-hybridized carbons (Fsp3) is 0.333. The smallest absolute Gasteiger partial charge is 0.157 e. The molecule has 0 radical (unpaired) electrons. The highest BCUT2D eigenvalue weighted by atomic mass is 32.2. The first kappa shape index (κ1) is 28.4. The van der Waals surface area contributed by atoms with E-state index >= 15 is 8.78 Å². The molecule has 0 heterocycles. The number of likely N-dealkylation sites (N-methyl/N-ethyl adjacent to an activating group) is 1. The zero-order valence-electron chi connectivity index (χ0n) is 20.6. The van der Waals surface area contributed by atoms with E-state index in [1.54, 1.807) is 13.1 Å². The molecule has 35 heavy (non-hydrogen) atoms. The minimum absolute atomic E-state index is 0.101. The van der Waals surface area contributed by atoms with Crippen LogP contribution in [0.4, 0.5) is 24.5 Å². The number of nitrogen functional groups attached to an aromatic ring is 1. The monoisotopic (exact) mass is 504 g/mol. The Morgan fingerprint density at radius 1 is 1.11 bits per heavy atom. The van der Waals surface area contributed by atoms with Crippen LogP contribution in [0.5, 0.6) is 0 Å². The van der Waals surface area contributed by atoms with E-state index in [1.165, 1.54) is 30.1 Å². The van der Waals surface area contributed by atoms with Gasteiger partial charge in [-0.2, -0.15) is 0 Å². The number of anilines is 2. The molecule has 3 rings (SSSR count). The van der Waals surface area contributed by atoms with Gasteiger partial charge in [0.25, 0.3) is 0 Å². The van der Waals surface area contributed by atoms with Crippen LogP contribution < -0.4 is 21.1 Å². The van der Waals surface area contributed by atoms with E-state index in [9.17, 15) is 4.39 Å². The highest BCUT2D eigenvalue weighted by Crippen LogP contribution is 2.38. The molecule has 2 aromatic carbocycles. The molecule has 0 saturated heterocycles. The van der Waals surface area contributed by atoms with Gasteiger partial charge in [0.05, 0.1) is 16.9 Å². The van der Waals surface area contributed by atoms with Crippen LogP contribution in [0.25, 0.3) is 16.7 Å². The molecule has 5 N–H and O–H groups in total. The predicted molar refractivity (Wildman–Crippen MR) is 146 cm³/mol. The third-order valence-corrected chi connectivity index (χ3v) is 6.98. The van der Waals surface area contributed by atoms with Gasteiger partial charge in [0.1, 0.15) is 5.82 Å². The molecule has 2 aromatic rings. The van der Waals surface area contributed by atoms with Crippen molar-refractivity contribution in [3.8, 4) is 11.1 Å². The maximum Gasteiger partial charge on any atom is 0.157 e. The first-order chi connectivity index (χ1) is 16.7. The van der Waals surface area contributed by atoms with Crippen molar-refractivity contribution in [1.29, 1.82) is 0 Å². The Bertz CT molecular complexity index is 1070. The average Bonchev–Trinajstić information content (AvgIpc) is 3.31. The van der Waals surface area contributed by atoms with Crippen LogP contribution in [-0.2, 0) is 0 Å². The molecule has 1 aliphatic carbocycles. The maximum atomic E-state index is 15.2. The SMILES string of the molecule is C=C(NC)C(=C)c1ccc(-c2c(F)ccc(NSCC3CCC(NC)C3)c2F)c(F)c1N.C=CC. The summed E-state index contributed by atoms with van der Waals surface area (Å²) in [5.41, 5.74) is 6.29. The molecule has 1 saturated carbocycles. The summed E-state index contributed by atoms with van der Waals surface area (Å²) < 4.78 is 47.9. The lowest BCUT2D eigenvalue weighted by Crippen LogP contribution is -2.21. The topological polar surface area (TPSA) is 62.1 Å². The molecule has 8 heteroatoms. The predicted octanol–water partition coefficient (Wildman–Crippen LogP) is 6.74. The van der Waals surface area contributed by atoms with Gasteiger partial charge in [0.2, 0.25) is 0 Å². The van der Waals surface area contributed by atoms with Crippen molar-refractivity contribution in [3.05, 3.63) is 78.8 Å². The number of nitrogens with two attached hydrogens (primary N) is 1. The number of nitrogens with one attached hydrogen (secondary N) is 3. The molecule has 0 bridgehead atoms. The summed E-state index contributed by atoms with van der Waals surface area (Å²) in [7, 11) is 3.61. The van der Waals surface area contributed by atoms with E-state index in [0.29, 0.717) is 28.8 Å². The van der Waals surface area contributed by atoms with E-state index in [2.05, 4.69) is 35.1 Å². The zero-order valence-corrected chi connectivity index (χ0v) is 21.4. The van der Waals surface area contributed by atoms with Crippen molar-refractivity contribution in [1.82, 2.24) is 10.6 Å². The molecule has 0 amide bonds. The summed E-state index contributed by atoms with van der Waals surface area (Å²) in [6.45, 7) is 12.9. The van der Waals surface area contributed by atoms with Crippen LogP contribution in [0.3, 0.4) is 0 Å². The summed E-state index contributed by atoms with van der Waals surface area (Å²) in [6.07, 6.45) is 5.06. The largest absolute Gasteiger partial charge is 0.396 e. The van der Waals surface area contributed by atoms with E-state index in [0.717, 1.165) is 31.1 Å². The molecule has 0 aromatic heterocycles. The van der Waals surface area contributed by atoms with E-state index in [-0.39, 0.29) is 16.9 Å². The molecular weight excluding hydrogens is 469 g/mol. The van der Waals surface area contributed by atoms with Crippen LogP contribution >= 0.6 is 11.9 Å². The summed E-state index contributed by atoms with van der Waals surface area (Å²) in [6, 6.07) is 5.77. The Morgan fingerprint density at radius 2 is 1.80 bits per heavy atom. The van der Waals surface area contributed by atoms with Crippen molar-refractivity contribution in [2.45, 2.75) is 32.2 Å². The maximum absolute atomic E-state index is 15.2. The number of hydrogen-bond donors (Lipinski definition) is 4. The van der Waals surface area contributed by atoms with Crippen molar-refractivity contribution >= 4 is 28.9 Å². The molecule has 2 atom stereocenters. The highest BCUT2D eigenvalue weighted by molar-refractivity contribution is 8.00.